The number of nitrogens with zero attached hydrogens (tertiary/aromatic N) is 3. The van der Waals surface area contributed by atoms with Crippen molar-refractivity contribution in [2.75, 3.05) is 5.32 Å². The van der Waals surface area contributed by atoms with Crippen molar-refractivity contribution < 1.29 is 0 Å². The Labute approximate surface area is 95.9 Å². The second-order valence-electron chi connectivity index (χ2n) is 3.50. The molecule has 0 atom stereocenters. The maximum atomic E-state index is 11.2. The molecule has 0 fully saturated rings. The highest BCUT2D eigenvalue weighted by Crippen LogP contribution is 2.13. The Balaban J connectivity index is 1.99. The lowest BCUT2D eigenvalue weighted by Crippen LogP contribution is -2.09. The van der Waals surface area contributed by atoms with Gasteiger partial charge in [-0.05, 0) is 18.2 Å². The minimum absolute atomic E-state index is 0.293. The highest BCUT2D eigenvalue weighted by atomic mass is 16.1. The topological polar surface area (TPSA) is 75.1 Å². The van der Waals surface area contributed by atoms with Crippen molar-refractivity contribution in [3.8, 4) is 0 Å². The molecule has 0 spiro atoms. The van der Waals surface area contributed by atoms with Gasteiger partial charge >= 0.3 is 5.69 Å². The number of fused-ring (bicyclic) bond motifs is 1. The molecular formula is C11H9N5O. The molecule has 17 heavy (non-hydrogen) atoms. The van der Waals surface area contributed by atoms with Gasteiger partial charge in [0.25, 0.3) is 5.78 Å². The van der Waals surface area contributed by atoms with Gasteiger partial charge < -0.3 is 5.32 Å². The summed E-state index contributed by atoms with van der Waals surface area (Å²) < 4.78 is 1.34. The molecule has 6 heteroatoms. The van der Waals surface area contributed by atoms with Gasteiger partial charge in [0.15, 0.2) is 0 Å². The number of aromatic amines is 1. The summed E-state index contributed by atoms with van der Waals surface area (Å²) in [6.45, 7) is 0. The van der Waals surface area contributed by atoms with Gasteiger partial charge in [-0.1, -0.05) is 18.2 Å². The van der Waals surface area contributed by atoms with Gasteiger partial charge in [0.05, 0.1) is 0 Å². The maximum absolute atomic E-state index is 11.2. The summed E-state index contributed by atoms with van der Waals surface area (Å²) >= 11 is 0. The Hall–Kier alpha value is -2.63. The number of H-pyrrole nitrogens is 1. The van der Waals surface area contributed by atoms with E-state index < -0.39 is 0 Å². The predicted molar refractivity (Wildman–Crippen MR) is 63.3 cm³/mol. The standard InChI is InChI=1S/C11H9N5O/c17-11-15-14-10-13-9(6-7-16(10)11)12-8-4-2-1-3-5-8/h1-7H,(H,15,17)(H,12,13,14). The maximum Gasteiger partial charge on any atom is 0.348 e. The number of rotatable bonds is 2. The monoisotopic (exact) mass is 227 g/mol. The summed E-state index contributed by atoms with van der Waals surface area (Å²) in [5, 5.41) is 9.25. The van der Waals surface area contributed by atoms with Crippen LogP contribution in [-0.2, 0) is 0 Å². The summed E-state index contributed by atoms with van der Waals surface area (Å²) in [6.07, 6.45) is 1.62. The fraction of sp³-hybridized carbons (Fsp3) is 0. The number of para-hydroxylation sites is 1. The molecule has 0 aliphatic carbocycles. The molecule has 6 nitrogen and oxygen atoms in total. The van der Waals surface area contributed by atoms with Crippen LogP contribution in [0.1, 0.15) is 0 Å². The fourth-order valence-electron chi connectivity index (χ4n) is 1.54. The van der Waals surface area contributed by atoms with Gasteiger partial charge in [0, 0.05) is 11.9 Å². The first-order valence-corrected chi connectivity index (χ1v) is 5.09. The SMILES string of the molecule is O=c1[nH]nc2nc(Nc3ccccc3)ccn12. The van der Waals surface area contributed by atoms with E-state index in [2.05, 4.69) is 20.5 Å². The van der Waals surface area contributed by atoms with Gasteiger partial charge in [0.2, 0.25) is 0 Å². The zero-order valence-electron chi connectivity index (χ0n) is 8.79. The van der Waals surface area contributed by atoms with Crippen LogP contribution in [0.15, 0.2) is 47.4 Å². The molecule has 2 heterocycles. The largest absolute Gasteiger partial charge is 0.348 e. The average Bonchev–Trinajstić information content (AvgIpc) is 2.72. The normalized spacial score (nSPS) is 10.6. The second-order valence-corrected chi connectivity index (χ2v) is 3.50. The van der Waals surface area contributed by atoms with Gasteiger partial charge in [-0.3, -0.25) is 0 Å². The zero-order valence-corrected chi connectivity index (χ0v) is 8.79. The molecule has 3 rings (SSSR count). The number of hydrogen-bond donors (Lipinski definition) is 2. The minimum atomic E-state index is -0.293. The van der Waals surface area contributed by atoms with Crippen molar-refractivity contribution in [2.24, 2.45) is 0 Å². The molecule has 1 aromatic carbocycles. The van der Waals surface area contributed by atoms with E-state index in [1.165, 1.54) is 4.40 Å². The molecule has 0 aliphatic rings. The van der Waals surface area contributed by atoms with Crippen molar-refractivity contribution in [1.29, 1.82) is 0 Å². The first-order chi connectivity index (χ1) is 8.33. The molecule has 0 amide bonds. The molecule has 2 aromatic heterocycles. The predicted octanol–water partition coefficient (Wildman–Crippen LogP) is 1.16. The molecule has 0 unspecified atom stereocenters. The first kappa shape index (κ1) is 9.59. The van der Waals surface area contributed by atoms with Crippen molar-refractivity contribution >= 4 is 17.3 Å². The molecule has 2 N–H and O–H groups in total. The smallest absolute Gasteiger partial charge is 0.340 e. The van der Waals surface area contributed by atoms with Gasteiger partial charge in [0.1, 0.15) is 5.82 Å². The lowest BCUT2D eigenvalue weighted by atomic mass is 10.3. The van der Waals surface area contributed by atoms with E-state index in [9.17, 15) is 4.79 Å². The lowest BCUT2D eigenvalue weighted by Gasteiger charge is -2.04. The molecule has 0 bridgehead atoms. The van der Waals surface area contributed by atoms with Crippen LogP contribution < -0.4 is 11.0 Å². The Morgan fingerprint density at radius 3 is 2.82 bits per heavy atom. The lowest BCUT2D eigenvalue weighted by molar-refractivity contribution is 1.02. The van der Waals surface area contributed by atoms with E-state index in [0.717, 1.165) is 5.69 Å². The fourth-order valence-corrected chi connectivity index (χ4v) is 1.54. The van der Waals surface area contributed by atoms with Crippen LogP contribution in [0, 0.1) is 0 Å². The third kappa shape index (κ3) is 1.76. The number of nitrogens with one attached hydrogen (secondary N) is 2. The molecule has 0 aliphatic heterocycles. The van der Waals surface area contributed by atoms with Crippen LogP contribution in [0.25, 0.3) is 5.78 Å². The highest BCUT2D eigenvalue weighted by Gasteiger charge is 2.02. The summed E-state index contributed by atoms with van der Waals surface area (Å²) in [5.41, 5.74) is 0.640. The van der Waals surface area contributed by atoms with Gasteiger partial charge in [-0.2, -0.15) is 4.98 Å². The molecular weight excluding hydrogens is 218 g/mol. The molecule has 0 saturated heterocycles. The summed E-state index contributed by atoms with van der Waals surface area (Å²) in [6, 6.07) is 11.4. The minimum Gasteiger partial charge on any atom is -0.340 e. The Bertz CT molecular complexity index is 700. The Morgan fingerprint density at radius 2 is 2.00 bits per heavy atom. The Kier molecular flexibility index (Phi) is 2.11. The number of aromatic nitrogens is 4. The average molecular weight is 227 g/mol. The van der Waals surface area contributed by atoms with Crippen molar-refractivity contribution in [1.82, 2.24) is 19.6 Å². The number of benzene rings is 1. The summed E-state index contributed by atoms with van der Waals surface area (Å²) in [7, 11) is 0. The third-order valence-electron chi connectivity index (χ3n) is 2.33. The van der Waals surface area contributed by atoms with Crippen LogP contribution in [0.5, 0.6) is 0 Å². The van der Waals surface area contributed by atoms with Crippen LogP contribution in [-0.4, -0.2) is 19.6 Å². The van der Waals surface area contributed by atoms with E-state index in [1.807, 2.05) is 30.3 Å². The molecule has 3 aromatic rings. The van der Waals surface area contributed by atoms with Crippen LogP contribution in [0.3, 0.4) is 0 Å². The molecule has 0 saturated carbocycles. The van der Waals surface area contributed by atoms with Crippen molar-refractivity contribution in [3.05, 3.63) is 53.1 Å². The van der Waals surface area contributed by atoms with E-state index in [0.29, 0.717) is 11.6 Å². The van der Waals surface area contributed by atoms with E-state index in [4.69, 9.17) is 0 Å². The molecule has 84 valence electrons. The van der Waals surface area contributed by atoms with Crippen LogP contribution in [0.2, 0.25) is 0 Å². The van der Waals surface area contributed by atoms with Crippen LogP contribution in [0.4, 0.5) is 11.5 Å². The summed E-state index contributed by atoms with van der Waals surface area (Å²) in [5.74, 6) is 0.985. The number of anilines is 2. The second kappa shape index (κ2) is 3.75. The highest BCUT2D eigenvalue weighted by molar-refractivity contribution is 5.56. The quantitative estimate of drug-likeness (QED) is 0.689. The zero-order chi connectivity index (χ0) is 11.7. The van der Waals surface area contributed by atoms with E-state index >= 15 is 0 Å². The Morgan fingerprint density at radius 1 is 1.18 bits per heavy atom. The van der Waals surface area contributed by atoms with Crippen molar-refractivity contribution in [2.45, 2.75) is 0 Å². The van der Waals surface area contributed by atoms with Crippen molar-refractivity contribution in [3.63, 3.8) is 0 Å². The first-order valence-electron chi connectivity index (χ1n) is 5.09. The van der Waals surface area contributed by atoms with Gasteiger partial charge in [-0.25, -0.2) is 14.3 Å². The van der Waals surface area contributed by atoms with E-state index in [-0.39, 0.29) is 5.69 Å². The molecule has 0 radical (unpaired) electrons. The van der Waals surface area contributed by atoms with E-state index in [1.54, 1.807) is 12.3 Å². The van der Waals surface area contributed by atoms with Gasteiger partial charge in [-0.15, -0.1) is 5.10 Å². The third-order valence-corrected chi connectivity index (χ3v) is 2.33. The number of hydrogen-bond acceptors (Lipinski definition) is 4. The van der Waals surface area contributed by atoms with Crippen LogP contribution >= 0.6 is 0 Å². The summed E-state index contributed by atoms with van der Waals surface area (Å²) in [4.78, 5) is 15.4.